The van der Waals surface area contributed by atoms with Crippen LogP contribution >= 0.6 is 11.8 Å². The fraction of sp³-hybridized carbons (Fsp3) is 0.476. The van der Waals surface area contributed by atoms with Crippen LogP contribution in [0.15, 0.2) is 27.4 Å². The van der Waals surface area contributed by atoms with Crippen LogP contribution in [-0.2, 0) is 33.8 Å². The van der Waals surface area contributed by atoms with Crippen molar-refractivity contribution in [2.24, 2.45) is 0 Å². The van der Waals surface area contributed by atoms with Crippen LogP contribution in [0.2, 0.25) is 0 Å². The Morgan fingerprint density at radius 2 is 2.04 bits per heavy atom. The second-order valence-electron chi connectivity index (χ2n) is 7.93. The van der Waals surface area contributed by atoms with Gasteiger partial charge in [-0.1, -0.05) is 0 Å². The highest BCUT2D eigenvalue weighted by Crippen LogP contribution is 2.47. The third kappa shape index (κ3) is 2.75. The quantitative estimate of drug-likeness (QED) is 0.584. The lowest BCUT2D eigenvalue weighted by molar-refractivity contribution is -0.154. The van der Waals surface area contributed by atoms with Crippen LogP contribution < -0.4 is 5.63 Å². The van der Waals surface area contributed by atoms with E-state index in [4.69, 9.17) is 9.15 Å². The van der Waals surface area contributed by atoms with Crippen LogP contribution in [0.25, 0.3) is 11.0 Å². The molecule has 0 N–H and O–H groups in total. The first-order valence-corrected chi connectivity index (χ1v) is 10.6. The fourth-order valence-corrected chi connectivity index (χ4v) is 6.07. The first kappa shape index (κ1) is 17.8. The summed E-state index contributed by atoms with van der Waals surface area (Å²) in [6, 6.07) is 4.83. The Kier molecular flexibility index (Phi) is 4.05. The van der Waals surface area contributed by atoms with Crippen molar-refractivity contribution in [1.82, 2.24) is 4.90 Å². The Morgan fingerprint density at radius 3 is 2.86 bits per heavy atom. The number of ether oxygens (including phenoxy) is 1. The molecule has 2 saturated heterocycles. The van der Waals surface area contributed by atoms with Crippen molar-refractivity contribution in [1.29, 1.82) is 0 Å². The van der Waals surface area contributed by atoms with E-state index in [2.05, 4.69) is 6.07 Å². The molecule has 2 aromatic rings. The second-order valence-corrected chi connectivity index (χ2v) is 9.44. The number of rotatable bonds is 3. The van der Waals surface area contributed by atoms with Gasteiger partial charge in [-0.2, -0.15) is 0 Å². The second kappa shape index (κ2) is 6.37. The first-order valence-electron chi connectivity index (χ1n) is 9.66. The lowest BCUT2D eigenvalue weighted by Gasteiger charge is -2.29. The lowest BCUT2D eigenvalue weighted by Crippen LogP contribution is -2.46. The topological polar surface area (TPSA) is 76.8 Å². The predicted molar refractivity (Wildman–Crippen MR) is 105 cm³/mol. The van der Waals surface area contributed by atoms with E-state index in [9.17, 15) is 14.4 Å². The zero-order valence-corrected chi connectivity index (χ0v) is 16.5. The molecule has 1 aromatic heterocycles. The Hall–Kier alpha value is -2.28. The molecule has 1 aliphatic carbocycles. The lowest BCUT2D eigenvalue weighted by atomic mass is 10.0. The van der Waals surface area contributed by atoms with Gasteiger partial charge in [0.2, 0.25) is 5.91 Å². The molecule has 6 nitrogen and oxygen atoms in total. The van der Waals surface area contributed by atoms with Gasteiger partial charge in [-0.3, -0.25) is 4.79 Å². The minimum Gasteiger partial charge on any atom is -0.459 e. The average molecular weight is 399 g/mol. The third-order valence-electron chi connectivity index (χ3n) is 6.13. The van der Waals surface area contributed by atoms with E-state index in [0.717, 1.165) is 31.1 Å². The molecule has 2 fully saturated rings. The van der Waals surface area contributed by atoms with Gasteiger partial charge in [0.1, 0.15) is 18.2 Å². The van der Waals surface area contributed by atoms with Crippen LogP contribution in [0, 0.1) is 0 Å². The number of esters is 1. The SMILES string of the molecule is CC12CCC(=O)N1C(C(=O)OCc1cc(=O)oc3cc4c(cc13)CCC4)CS2. The van der Waals surface area contributed by atoms with Gasteiger partial charge in [0.05, 0.1) is 4.87 Å². The predicted octanol–water partition coefficient (Wildman–Crippen LogP) is 2.78. The van der Waals surface area contributed by atoms with Crippen molar-refractivity contribution >= 4 is 34.6 Å². The molecule has 7 heteroatoms. The van der Waals surface area contributed by atoms with Crippen LogP contribution in [0.3, 0.4) is 0 Å². The fourth-order valence-electron chi connectivity index (χ4n) is 4.65. The van der Waals surface area contributed by atoms with Crippen molar-refractivity contribution in [3.63, 3.8) is 0 Å². The molecule has 3 heterocycles. The van der Waals surface area contributed by atoms with Crippen molar-refractivity contribution in [2.75, 3.05) is 5.75 Å². The summed E-state index contributed by atoms with van der Waals surface area (Å²) in [7, 11) is 0. The summed E-state index contributed by atoms with van der Waals surface area (Å²) in [5.41, 5.74) is 3.22. The number of hydrogen-bond acceptors (Lipinski definition) is 6. The van der Waals surface area contributed by atoms with E-state index in [1.54, 1.807) is 16.7 Å². The molecule has 2 atom stereocenters. The van der Waals surface area contributed by atoms with E-state index < -0.39 is 17.6 Å². The van der Waals surface area contributed by atoms with Crippen molar-refractivity contribution in [2.45, 2.75) is 56.5 Å². The minimum absolute atomic E-state index is 0.000366. The molecule has 28 heavy (non-hydrogen) atoms. The normalized spacial score (nSPS) is 26.0. The van der Waals surface area contributed by atoms with Crippen LogP contribution in [0.5, 0.6) is 0 Å². The average Bonchev–Trinajstić information content (AvgIpc) is 3.33. The van der Waals surface area contributed by atoms with Gasteiger partial charge in [-0.25, -0.2) is 9.59 Å². The number of fused-ring (bicyclic) bond motifs is 3. The zero-order valence-electron chi connectivity index (χ0n) is 15.7. The van der Waals surface area contributed by atoms with Gasteiger partial charge < -0.3 is 14.1 Å². The standard InChI is InChI=1S/C21H21NO5S/c1-21-6-5-18(23)22(21)16(11-28-21)20(25)26-10-14-9-19(24)27-17-8-13-4-2-3-12(13)7-15(14)17/h7-9,16H,2-6,10-11H2,1H3. The van der Waals surface area contributed by atoms with Gasteiger partial charge in [-0.15, -0.1) is 11.8 Å². The summed E-state index contributed by atoms with van der Waals surface area (Å²) in [6.07, 6.45) is 4.34. The Morgan fingerprint density at radius 1 is 1.25 bits per heavy atom. The van der Waals surface area contributed by atoms with Gasteiger partial charge in [0, 0.05) is 29.2 Å². The maximum absolute atomic E-state index is 12.7. The Balaban J connectivity index is 1.40. The highest BCUT2D eigenvalue weighted by atomic mass is 32.2. The Bertz CT molecular complexity index is 1060. The highest BCUT2D eigenvalue weighted by molar-refractivity contribution is 8.01. The molecule has 2 aliphatic heterocycles. The number of thioether (sulfide) groups is 1. The van der Waals surface area contributed by atoms with Crippen LogP contribution in [0.1, 0.15) is 42.9 Å². The monoisotopic (exact) mass is 399 g/mol. The van der Waals surface area contributed by atoms with Gasteiger partial charge in [0.15, 0.2) is 0 Å². The number of carbonyl (C=O) groups excluding carboxylic acids is 2. The molecular formula is C21H21NO5S. The summed E-state index contributed by atoms with van der Waals surface area (Å²) in [6.45, 7) is 2.01. The van der Waals surface area contributed by atoms with Gasteiger partial charge in [0.25, 0.3) is 0 Å². The molecule has 0 saturated carbocycles. The summed E-state index contributed by atoms with van der Waals surface area (Å²) in [5.74, 6) is 0.150. The highest BCUT2D eigenvalue weighted by Gasteiger charge is 2.53. The summed E-state index contributed by atoms with van der Waals surface area (Å²) >= 11 is 1.63. The van der Waals surface area contributed by atoms with Crippen molar-refractivity contribution < 1.29 is 18.7 Å². The van der Waals surface area contributed by atoms with Crippen LogP contribution in [0.4, 0.5) is 0 Å². The number of benzene rings is 1. The molecule has 146 valence electrons. The number of hydrogen-bond donors (Lipinski definition) is 0. The van der Waals surface area contributed by atoms with Crippen LogP contribution in [-0.4, -0.2) is 33.4 Å². The first-order chi connectivity index (χ1) is 13.4. The summed E-state index contributed by atoms with van der Waals surface area (Å²) in [5, 5.41) is 0.816. The summed E-state index contributed by atoms with van der Waals surface area (Å²) < 4.78 is 10.9. The van der Waals surface area contributed by atoms with E-state index >= 15 is 0 Å². The van der Waals surface area contributed by atoms with Crippen molar-refractivity contribution in [3.05, 3.63) is 45.3 Å². The van der Waals surface area contributed by atoms with Gasteiger partial charge >= 0.3 is 11.6 Å². The number of amides is 1. The maximum atomic E-state index is 12.7. The van der Waals surface area contributed by atoms with E-state index in [0.29, 0.717) is 23.3 Å². The molecule has 5 rings (SSSR count). The molecule has 3 aliphatic rings. The molecule has 1 aromatic carbocycles. The molecule has 1 amide bonds. The van der Waals surface area contributed by atoms with E-state index in [1.165, 1.54) is 17.2 Å². The zero-order chi connectivity index (χ0) is 19.5. The number of aryl methyl sites for hydroxylation is 2. The van der Waals surface area contributed by atoms with E-state index in [-0.39, 0.29) is 17.4 Å². The molecule has 0 radical (unpaired) electrons. The smallest absolute Gasteiger partial charge is 0.336 e. The molecule has 0 bridgehead atoms. The number of nitrogens with zero attached hydrogens (tertiary/aromatic N) is 1. The Labute approximate surface area is 166 Å². The molecular weight excluding hydrogens is 378 g/mol. The number of carbonyl (C=O) groups is 2. The molecule has 2 unspecified atom stereocenters. The minimum atomic E-state index is -0.555. The van der Waals surface area contributed by atoms with Gasteiger partial charge in [-0.05, 0) is 55.9 Å². The van der Waals surface area contributed by atoms with Crippen molar-refractivity contribution in [3.8, 4) is 0 Å². The molecule has 0 spiro atoms. The maximum Gasteiger partial charge on any atom is 0.336 e. The summed E-state index contributed by atoms with van der Waals surface area (Å²) in [4.78, 5) is 38.3. The third-order valence-corrected chi connectivity index (χ3v) is 7.63. The van der Waals surface area contributed by atoms with E-state index in [1.807, 2.05) is 13.0 Å². The largest absolute Gasteiger partial charge is 0.459 e.